The lowest BCUT2D eigenvalue weighted by molar-refractivity contribution is 0.0794. The first-order valence-electron chi connectivity index (χ1n) is 3.60. The monoisotopic (exact) mass is 161 g/mol. The Balaban J connectivity index is 3.08. The van der Waals surface area contributed by atoms with Crippen molar-refractivity contribution in [2.75, 3.05) is 20.3 Å². The minimum Gasteiger partial charge on any atom is -0.453 e. The highest BCUT2D eigenvalue weighted by atomic mass is 16.5. The Morgan fingerprint density at radius 1 is 1.55 bits per heavy atom. The quantitative estimate of drug-likeness (QED) is 0.619. The van der Waals surface area contributed by atoms with Crippen molar-refractivity contribution in [3.05, 3.63) is 0 Å². The Kier molecular flexibility index (Phi) is 5.56. The Bertz CT molecular complexity index is 114. The summed E-state index contributed by atoms with van der Waals surface area (Å²) in [5.74, 6) is 0. The van der Waals surface area contributed by atoms with Crippen molar-refractivity contribution in [1.82, 2.24) is 5.32 Å². The summed E-state index contributed by atoms with van der Waals surface area (Å²) in [6, 6.07) is 0. The summed E-state index contributed by atoms with van der Waals surface area (Å²) < 4.78 is 9.52. The average molecular weight is 161 g/mol. The van der Waals surface area contributed by atoms with Gasteiger partial charge in [-0.15, -0.1) is 0 Å². The van der Waals surface area contributed by atoms with Gasteiger partial charge < -0.3 is 14.8 Å². The summed E-state index contributed by atoms with van der Waals surface area (Å²) in [5.41, 5.74) is 0. The predicted molar refractivity (Wildman–Crippen MR) is 41.5 cm³/mol. The molecular weight excluding hydrogens is 146 g/mol. The summed E-state index contributed by atoms with van der Waals surface area (Å²) in [5, 5.41) is 2.50. The Hall–Kier alpha value is -0.770. The van der Waals surface area contributed by atoms with Gasteiger partial charge >= 0.3 is 6.09 Å². The fourth-order valence-corrected chi connectivity index (χ4v) is 0.520. The number of ether oxygens (including phenoxy) is 2. The molecule has 0 aliphatic carbocycles. The molecule has 0 saturated heterocycles. The molecule has 0 bridgehead atoms. The second kappa shape index (κ2) is 5.97. The second-order valence-electron chi connectivity index (χ2n) is 2.34. The van der Waals surface area contributed by atoms with Crippen LogP contribution in [0.25, 0.3) is 0 Å². The van der Waals surface area contributed by atoms with E-state index in [1.807, 2.05) is 13.8 Å². The van der Waals surface area contributed by atoms with E-state index < -0.39 is 6.09 Å². The zero-order valence-electron chi connectivity index (χ0n) is 7.22. The van der Waals surface area contributed by atoms with Crippen molar-refractivity contribution in [1.29, 1.82) is 0 Å². The van der Waals surface area contributed by atoms with Crippen LogP contribution in [0.15, 0.2) is 0 Å². The number of methoxy groups -OCH3 is 1. The lowest BCUT2D eigenvalue weighted by Crippen LogP contribution is -2.27. The molecule has 0 fully saturated rings. The SMILES string of the molecule is COC(=O)NCCOC(C)C. The van der Waals surface area contributed by atoms with Gasteiger partial charge in [-0.2, -0.15) is 0 Å². The van der Waals surface area contributed by atoms with Gasteiger partial charge in [0.15, 0.2) is 0 Å². The van der Waals surface area contributed by atoms with E-state index in [2.05, 4.69) is 10.1 Å². The van der Waals surface area contributed by atoms with Crippen molar-refractivity contribution >= 4 is 6.09 Å². The minimum atomic E-state index is -0.419. The zero-order valence-corrected chi connectivity index (χ0v) is 7.22. The highest BCUT2D eigenvalue weighted by Gasteiger charge is 1.96. The number of carbonyl (C=O) groups is 1. The molecular formula is C7H15NO3. The number of rotatable bonds is 4. The average Bonchev–Trinajstić information content (AvgIpc) is 1.97. The lowest BCUT2D eigenvalue weighted by atomic mass is 10.5. The van der Waals surface area contributed by atoms with E-state index in [9.17, 15) is 4.79 Å². The third-order valence-electron chi connectivity index (χ3n) is 1.01. The van der Waals surface area contributed by atoms with Crippen LogP contribution in [0.1, 0.15) is 13.8 Å². The van der Waals surface area contributed by atoms with Gasteiger partial charge in [0, 0.05) is 6.54 Å². The molecule has 0 spiro atoms. The van der Waals surface area contributed by atoms with Crippen molar-refractivity contribution in [3.8, 4) is 0 Å². The maximum absolute atomic E-state index is 10.5. The van der Waals surface area contributed by atoms with Crippen LogP contribution < -0.4 is 5.32 Å². The molecule has 0 aromatic carbocycles. The molecule has 0 aliphatic rings. The zero-order chi connectivity index (χ0) is 8.69. The Morgan fingerprint density at radius 2 is 2.18 bits per heavy atom. The predicted octanol–water partition coefficient (Wildman–Crippen LogP) is 0.767. The molecule has 0 radical (unpaired) electrons. The third-order valence-corrected chi connectivity index (χ3v) is 1.01. The first-order valence-corrected chi connectivity index (χ1v) is 3.60. The van der Waals surface area contributed by atoms with E-state index in [1.54, 1.807) is 0 Å². The van der Waals surface area contributed by atoms with Gasteiger partial charge in [-0.3, -0.25) is 0 Å². The van der Waals surface area contributed by atoms with Crippen LogP contribution in [-0.2, 0) is 9.47 Å². The van der Waals surface area contributed by atoms with Crippen LogP contribution in [0.5, 0.6) is 0 Å². The summed E-state index contributed by atoms with van der Waals surface area (Å²) in [4.78, 5) is 10.5. The van der Waals surface area contributed by atoms with Crippen LogP contribution in [0, 0.1) is 0 Å². The van der Waals surface area contributed by atoms with E-state index >= 15 is 0 Å². The number of hydrogen-bond donors (Lipinski definition) is 1. The van der Waals surface area contributed by atoms with Gasteiger partial charge in [0.2, 0.25) is 0 Å². The summed E-state index contributed by atoms with van der Waals surface area (Å²) in [6.07, 6.45) is -0.216. The molecule has 4 heteroatoms. The van der Waals surface area contributed by atoms with Crippen LogP contribution in [0.4, 0.5) is 4.79 Å². The minimum absolute atomic E-state index is 0.203. The van der Waals surface area contributed by atoms with Crippen LogP contribution in [0.3, 0.4) is 0 Å². The van der Waals surface area contributed by atoms with E-state index in [0.717, 1.165) is 0 Å². The Labute approximate surface area is 66.9 Å². The van der Waals surface area contributed by atoms with Gasteiger partial charge in [0.1, 0.15) is 0 Å². The standard InChI is InChI=1S/C7H15NO3/c1-6(2)11-5-4-8-7(9)10-3/h6H,4-5H2,1-3H3,(H,8,9). The molecule has 11 heavy (non-hydrogen) atoms. The van der Waals surface area contributed by atoms with E-state index in [1.165, 1.54) is 7.11 Å². The molecule has 1 amide bonds. The molecule has 0 aromatic rings. The third kappa shape index (κ3) is 7.12. The van der Waals surface area contributed by atoms with E-state index in [-0.39, 0.29) is 6.10 Å². The number of hydrogen-bond acceptors (Lipinski definition) is 3. The Morgan fingerprint density at radius 3 is 2.64 bits per heavy atom. The van der Waals surface area contributed by atoms with Crippen molar-refractivity contribution in [2.24, 2.45) is 0 Å². The first-order chi connectivity index (χ1) is 5.16. The second-order valence-corrected chi connectivity index (χ2v) is 2.34. The molecule has 0 aromatic heterocycles. The van der Waals surface area contributed by atoms with Gasteiger partial charge in [-0.05, 0) is 13.8 Å². The molecule has 1 N–H and O–H groups in total. The molecule has 0 unspecified atom stereocenters. The fraction of sp³-hybridized carbons (Fsp3) is 0.857. The number of carbonyl (C=O) groups excluding carboxylic acids is 1. The number of amides is 1. The molecule has 4 nitrogen and oxygen atoms in total. The number of alkyl carbamates (subject to hydrolysis) is 1. The highest BCUT2D eigenvalue weighted by molar-refractivity contribution is 5.66. The van der Waals surface area contributed by atoms with Gasteiger partial charge in [-0.1, -0.05) is 0 Å². The maximum atomic E-state index is 10.5. The fourth-order valence-electron chi connectivity index (χ4n) is 0.520. The molecule has 0 heterocycles. The summed E-state index contributed by atoms with van der Waals surface area (Å²) in [7, 11) is 1.33. The molecule has 0 saturated carbocycles. The van der Waals surface area contributed by atoms with E-state index in [4.69, 9.17) is 4.74 Å². The largest absolute Gasteiger partial charge is 0.453 e. The maximum Gasteiger partial charge on any atom is 0.406 e. The van der Waals surface area contributed by atoms with Crippen molar-refractivity contribution < 1.29 is 14.3 Å². The van der Waals surface area contributed by atoms with Gasteiger partial charge in [0.05, 0.1) is 19.8 Å². The topological polar surface area (TPSA) is 47.6 Å². The molecule has 0 aliphatic heterocycles. The smallest absolute Gasteiger partial charge is 0.406 e. The first kappa shape index (κ1) is 10.2. The normalized spacial score (nSPS) is 9.82. The molecule has 66 valence electrons. The van der Waals surface area contributed by atoms with Crippen molar-refractivity contribution in [2.45, 2.75) is 20.0 Å². The molecule has 0 rings (SSSR count). The van der Waals surface area contributed by atoms with Crippen LogP contribution in [-0.4, -0.2) is 32.5 Å². The van der Waals surface area contributed by atoms with Crippen LogP contribution >= 0.6 is 0 Å². The van der Waals surface area contributed by atoms with Crippen molar-refractivity contribution in [3.63, 3.8) is 0 Å². The lowest BCUT2D eigenvalue weighted by Gasteiger charge is -2.07. The summed E-state index contributed by atoms with van der Waals surface area (Å²) in [6.45, 7) is 4.90. The highest BCUT2D eigenvalue weighted by Crippen LogP contribution is 1.84. The van der Waals surface area contributed by atoms with E-state index in [0.29, 0.717) is 13.2 Å². The van der Waals surface area contributed by atoms with Gasteiger partial charge in [0.25, 0.3) is 0 Å². The van der Waals surface area contributed by atoms with Gasteiger partial charge in [-0.25, -0.2) is 4.79 Å². The molecule has 0 atom stereocenters. The summed E-state index contributed by atoms with van der Waals surface area (Å²) >= 11 is 0. The van der Waals surface area contributed by atoms with Crippen LogP contribution in [0.2, 0.25) is 0 Å². The number of nitrogens with one attached hydrogen (secondary N) is 1.